The highest BCUT2D eigenvalue weighted by Crippen LogP contribution is 2.46. The maximum Gasteiger partial charge on any atom is 0.471 e. The predicted molar refractivity (Wildman–Crippen MR) is 172 cm³/mol. The van der Waals surface area contributed by atoms with Crippen molar-refractivity contribution >= 4 is 29.3 Å². The van der Waals surface area contributed by atoms with Crippen molar-refractivity contribution in [3.8, 4) is 5.75 Å². The highest BCUT2D eigenvalue weighted by atomic mass is 19.4. The van der Waals surface area contributed by atoms with Gasteiger partial charge in [0, 0.05) is 18.2 Å². The van der Waals surface area contributed by atoms with E-state index in [1.165, 1.54) is 31.7 Å². The Hall–Kier alpha value is -3.87. The highest BCUT2D eigenvalue weighted by Gasteiger charge is 2.47. The van der Waals surface area contributed by atoms with Gasteiger partial charge in [0.25, 0.3) is 0 Å². The number of carbonyl (C=O) groups excluding carboxylic acids is 3. The average molecular weight is 680 g/mol. The van der Waals surface area contributed by atoms with E-state index in [0.29, 0.717) is 18.0 Å². The zero-order valence-corrected chi connectivity index (χ0v) is 28.3. The van der Waals surface area contributed by atoms with E-state index < -0.39 is 65.2 Å². The van der Waals surface area contributed by atoms with E-state index >= 15 is 4.39 Å². The summed E-state index contributed by atoms with van der Waals surface area (Å²) in [6.07, 6.45) is -1.90. The third-order valence-corrected chi connectivity index (χ3v) is 7.93. The van der Waals surface area contributed by atoms with Crippen LogP contribution in [-0.4, -0.2) is 61.0 Å². The summed E-state index contributed by atoms with van der Waals surface area (Å²) in [4.78, 5) is 40.6. The molecule has 9 nitrogen and oxygen atoms in total. The Morgan fingerprint density at radius 2 is 1.56 bits per heavy atom. The molecule has 1 aliphatic carbocycles. The molecule has 264 valence electrons. The average Bonchev–Trinajstić information content (AvgIpc) is 3.61. The van der Waals surface area contributed by atoms with E-state index in [1.54, 1.807) is 51.1 Å². The fourth-order valence-electron chi connectivity index (χ4n) is 5.97. The first-order chi connectivity index (χ1) is 22.3. The van der Waals surface area contributed by atoms with Gasteiger partial charge in [-0.05, 0) is 78.8 Å². The molecule has 2 aromatic carbocycles. The van der Waals surface area contributed by atoms with Gasteiger partial charge in [0.15, 0.2) is 5.82 Å². The van der Waals surface area contributed by atoms with Crippen molar-refractivity contribution < 1.29 is 46.2 Å². The Morgan fingerprint density at radius 3 is 2.15 bits per heavy atom. The number of hydrogen-bond donors (Lipinski definition) is 1. The van der Waals surface area contributed by atoms with Gasteiger partial charge in [-0.15, -0.1) is 0 Å². The van der Waals surface area contributed by atoms with Gasteiger partial charge in [-0.3, -0.25) is 19.4 Å². The van der Waals surface area contributed by atoms with Crippen LogP contribution in [0.5, 0.6) is 5.75 Å². The standard InChI is InChI=1S/C35H45F4N3O6/c1-33(2,3)47-28(43)20-41(31(44)35(37,38)39)30-27(46-21-23-14-8-7-9-15-23)17-26-25(29(30)36)16-24(19-40-18-22-12-10-11-13-22)42(26)32(45)48-34(4,5)6/h7-9,14-15,17,22,24,40H,10-13,16,18-21H2,1-6H3/t24-/m1/s1. The van der Waals surface area contributed by atoms with Crippen molar-refractivity contribution in [1.82, 2.24) is 5.32 Å². The number of esters is 1. The molecule has 0 bridgehead atoms. The molecule has 0 unspecified atom stereocenters. The third kappa shape index (κ3) is 9.61. The van der Waals surface area contributed by atoms with Crippen LogP contribution in [0.25, 0.3) is 0 Å². The lowest BCUT2D eigenvalue weighted by Gasteiger charge is -2.30. The molecule has 13 heteroatoms. The monoisotopic (exact) mass is 679 g/mol. The fourth-order valence-corrected chi connectivity index (χ4v) is 5.97. The van der Waals surface area contributed by atoms with Crippen molar-refractivity contribution in [1.29, 1.82) is 0 Å². The number of rotatable bonds is 10. The number of amides is 2. The number of nitrogens with one attached hydrogen (secondary N) is 1. The molecule has 1 atom stereocenters. The minimum absolute atomic E-state index is 0.00744. The molecule has 4 rings (SSSR count). The molecule has 1 aliphatic heterocycles. The van der Waals surface area contributed by atoms with E-state index in [0.717, 1.165) is 25.7 Å². The van der Waals surface area contributed by atoms with Crippen LogP contribution in [0.1, 0.15) is 78.4 Å². The second kappa shape index (κ2) is 14.7. The topological polar surface area (TPSA) is 97.4 Å². The predicted octanol–water partition coefficient (Wildman–Crippen LogP) is 7.09. The molecule has 0 saturated heterocycles. The summed E-state index contributed by atoms with van der Waals surface area (Å²) in [5, 5.41) is 3.38. The van der Waals surface area contributed by atoms with Gasteiger partial charge in [0.05, 0.1) is 11.7 Å². The zero-order valence-electron chi connectivity index (χ0n) is 28.3. The normalized spacial score (nSPS) is 16.9. The molecule has 2 amide bonds. The number of carbonyl (C=O) groups is 3. The van der Waals surface area contributed by atoms with Crippen molar-refractivity contribution in [2.24, 2.45) is 5.92 Å². The van der Waals surface area contributed by atoms with Crippen LogP contribution >= 0.6 is 0 Å². The first kappa shape index (κ1) is 37.0. The number of benzene rings is 2. The molecule has 1 fully saturated rings. The summed E-state index contributed by atoms with van der Waals surface area (Å²) in [7, 11) is 0. The van der Waals surface area contributed by atoms with Gasteiger partial charge in [0.1, 0.15) is 35.8 Å². The minimum atomic E-state index is -5.47. The van der Waals surface area contributed by atoms with Crippen LogP contribution < -0.4 is 19.9 Å². The Morgan fingerprint density at radius 1 is 0.938 bits per heavy atom. The molecular weight excluding hydrogens is 634 g/mol. The summed E-state index contributed by atoms with van der Waals surface area (Å²) in [6, 6.07) is 9.16. The summed E-state index contributed by atoms with van der Waals surface area (Å²) < 4.78 is 75.8. The van der Waals surface area contributed by atoms with Crippen molar-refractivity contribution in [3.05, 3.63) is 53.3 Å². The molecule has 0 radical (unpaired) electrons. The molecule has 1 heterocycles. The lowest BCUT2D eigenvalue weighted by molar-refractivity contribution is -0.171. The number of ether oxygens (including phenoxy) is 3. The molecule has 2 aromatic rings. The Bertz CT molecular complexity index is 1460. The van der Waals surface area contributed by atoms with E-state index in [-0.39, 0.29) is 35.7 Å². The highest BCUT2D eigenvalue weighted by molar-refractivity contribution is 6.03. The second-order valence-electron chi connectivity index (χ2n) is 14.3. The zero-order chi connectivity index (χ0) is 35.4. The van der Waals surface area contributed by atoms with Crippen LogP contribution in [0.4, 0.5) is 33.7 Å². The van der Waals surface area contributed by atoms with Gasteiger partial charge in [0.2, 0.25) is 0 Å². The Balaban J connectivity index is 1.82. The molecule has 1 N–H and O–H groups in total. The number of hydrogen-bond acceptors (Lipinski definition) is 7. The Kier molecular flexibility index (Phi) is 11.3. The number of anilines is 2. The SMILES string of the molecule is CC(C)(C)OC(=O)CN(C(=O)C(F)(F)F)c1c(OCc2ccccc2)cc2c(c1F)C[C@H](CNCC1CCCC1)N2C(=O)OC(C)(C)C. The largest absolute Gasteiger partial charge is 0.487 e. The molecule has 0 aromatic heterocycles. The van der Waals surface area contributed by atoms with E-state index in [9.17, 15) is 27.6 Å². The molecule has 1 saturated carbocycles. The van der Waals surface area contributed by atoms with Crippen molar-refractivity contribution in [3.63, 3.8) is 0 Å². The van der Waals surface area contributed by atoms with Gasteiger partial charge in [-0.2, -0.15) is 13.2 Å². The van der Waals surface area contributed by atoms with Gasteiger partial charge < -0.3 is 19.5 Å². The number of alkyl halides is 3. The van der Waals surface area contributed by atoms with Crippen LogP contribution in [-0.2, 0) is 32.1 Å². The lowest BCUT2D eigenvalue weighted by atomic mass is 10.1. The molecular formula is C35H45F4N3O6. The van der Waals surface area contributed by atoms with Gasteiger partial charge in [-0.25, -0.2) is 9.18 Å². The van der Waals surface area contributed by atoms with Crippen molar-refractivity contribution in [2.45, 2.75) is 104 Å². The minimum Gasteiger partial charge on any atom is -0.487 e. The van der Waals surface area contributed by atoms with Crippen LogP contribution in [0.2, 0.25) is 0 Å². The van der Waals surface area contributed by atoms with Gasteiger partial charge >= 0.3 is 24.1 Å². The summed E-state index contributed by atoms with van der Waals surface area (Å²) in [5.74, 6) is -4.88. The summed E-state index contributed by atoms with van der Waals surface area (Å²) in [5.41, 5.74) is -2.35. The summed E-state index contributed by atoms with van der Waals surface area (Å²) >= 11 is 0. The number of nitrogens with zero attached hydrogens (tertiary/aromatic N) is 2. The molecule has 0 spiro atoms. The summed E-state index contributed by atoms with van der Waals surface area (Å²) in [6.45, 7) is 9.08. The van der Waals surface area contributed by atoms with Crippen LogP contribution in [0.15, 0.2) is 36.4 Å². The molecule has 48 heavy (non-hydrogen) atoms. The first-order valence-electron chi connectivity index (χ1n) is 16.2. The quantitative estimate of drug-likeness (QED) is 0.212. The third-order valence-electron chi connectivity index (χ3n) is 7.93. The first-order valence-corrected chi connectivity index (χ1v) is 16.2. The lowest BCUT2D eigenvalue weighted by Crippen LogP contribution is -2.46. The maximum atomic E-state index is 16.9. The Labute approximate surface area is 278 Å². The van der Waals surface area contributed by atoms with E-state index in [1.807, 2.05) is 0 Å². The number of fused-ring (bicyclic) bond motifs is 1. The van der Waals surface area contributed by atoms with Gasteiger partial charge in [-0.1, -0.05) is 43.2 Å². The second-order valence-corrected chi connectivity index (χ2v) is 14.3. The van der Waals surface area contributed by atoms with E-state index in [2.05, 4.69) is 5.32 Å². The van der Waals surface area contributed by atoms with Crippen LogP contribution in [0, 0.1) is 11.7 Å². The number of halogens is 4. The molecule has 2 aliphatic rings. The van der Waals surface area contributed by atoms with E-state index in [4.69, 9.17) is 14.2 Å². The van der Waals surface area contributed by atoms with Crippen LogP contribution in [0.3, 0.4) is 0 Å². The maximum absolute atomic E-state index is 16.9. The fraction of sp³-hybridized carbons (Fsp3) is 0.571. The van der Waals surface area contributed by atoms with Crippen molar-refractivity contribution in [2.75, 3.05) is 29.4 Å². The smallest absolute Gasteiger partial charge is 0.471 e.